The average molecular weight is 278 g/mol. The predicted octanol–water partition coefficient (Wildman–Crippen LogP) is 0.952. The van der Waals surface area contributed by atoms with Crippen LogP contribution in [0.5, 0.6) is 0 Å². The van der Waals surface area contributed by atoms with Crippen LogP contribution in [-0.2, 0) is 9.84 Å². The van der Waals surface area contributed by atoms with Crippen LogP contribution in [0.2, 0.25) is 0 Å². The molecule has 0 aromatic heterocycles. The summed E-state index contributed by atoms with van der Waals surface area (Å²) >= 11 is 4.85. The zero-order chi connectivity index (χ0) is 12.9. The topological polar surface area (TPSA) is 63.4 Å². The van der Waals surface area contributed by atoms with E-state index >= 15 is 0 Å². The van der Waals surface area contributed by atoms with Gasteiger partial charge in [0.05, 0.1) is 10.7 Å². The van der Waals surface area contributed by atoms with Gasteiger partial charge in [-0.3, -0.25) is 4.90 Å². The molecule has 6 heteroatoms. The minimum atomic E-state index is -2.88. The molecule has 100 valence electrons. The lowest BCUT2D eigenvalue weighted by molar-refractivity contribution is 0.287. The Balaban J connectivity index is 2.36. The molecule has 1 fully saturated rings. The van der Waals surface area contributed by atoms with Gasteiger partial charge in [-0.2, -0.15) is 0 Å². The quantitative estimate of drug-likeness (QED) is 0.636. The van der Waals surface area contributed by atoms with E-state index in [0.29, 0.717) is 36.2 Å². The fourth-order valence-electron chi connectivity index (χ4n) is 1.84. The first-order chi connectivity index (χ1) is 7.94. The standard InChI is InChI=1S/C11H22N2O2S2/c1-2-8-17(14,15)9-7-13(10-3-4-10)6-5-11(12)16/h10H,2-9H2,1H3,(H2,12,16). The van der Waals surface area contributed by atoms with E-state index in [1.807, 2.05) is 6.92 Å². The third-order valence-electron chi connectivity index (χ3n) is 2.91. The van der Waals surface area contributed by atoms with E-state index in [4.69, 9.17) is 18.0 Å². The lowest BCUT2D eigenvalue weighted by Gasteiger charge is -2.21. The first-order valence-electron chi connectivity index (χ1n) is 6.17. The van der Waals surface area contributed by atoms with E-state index < -0.39 is 9.84 Å². The minimum absolute atomic E-state index is 0.259. The van der Waals surface area contributed by atoms with Gasteiger partial charge in [0.2, 0.25) is 0 Å². The van der Waals surface area contributed by atoms with Crippen LogP contribution in [-0.4, -0.2) is 48.9 Å². The molecule has 0 aliphatic heterocycles. The lowest BCUT2D eigenvalue weighted by Crippen LogP contribution is -2.34. The molecule has 0 amide bonds. The van der Waals surface area contributed by atoms with E-state index in [1.165, 1.54) is 12.8 Å². The highest BCUT2D eigenvalue weighted by atomic mass is 32.2. The first kappa shape index (κ1) is 14.9. The normalized spacial score (nSPS) is 16.4. The Hall–Kier alpha value is -0.200. The molecule has 0 bridgehead atoms. The molecule has 1 rings (SSSR count). The summed E-state index contributed by atoms with van der Waals surface area (Å²) in [6.07, 6.45) is 3.72. The fraction of sp³-hybridized carbons (Fsp3) is 0.909. The lowest BCUT2D eigenvalue weighted by atomic mass is 10.3. The molecule has 0 atom stereocenters. The average Bonchev–Trinajstić information content (AvgIpc) is 3.01. The van der Waals surface area contributed by atoms with Crippen LogP contribution in [0.15, 0.2) is 0 Å². The number of hydrogen-bond acceptors (Lipinski definition) is 4. The molecule has 4 nitrogen and oxygen atoms in total. The van der Waals surface area contributed by atoms with Gasteiger partial charge < -0.3 is 5.73 Å². The van der Waals surface area contributed by atoms with Gasteiger partial charge in [-0.1, -0.05) is 19.1 Å². The fourth-order valence-corrected chi connectivity index (χ4v) is 3.27. The van der Waals surface area contributed by atoms with Crippen LogP contribution >= 0.6 is 12.2 Å². The zero-order valence-corrected chi connectivity index (χ0v) is 12.0. The molecule has 0 saturated heterocycles. The van der Waals surface area contributed by atoms with Gasteiger partial charge >= 0.3 is 0 Å². The Morgan fingerprint density at radius 2 is 2.00 bits per heavy atom. The summed E-state index contributed by atoms with van der Waals surface area (Å²) in [6, 6.07) is 0.557. The highest BCUT2D eigenvalue weighted by Gasteiger charge is 2.29. The highest BCUT2D eigenvalue weighted by Crippen LogP contribution is 2.26. The summed E-state index contributed by atoms with van der Waals surface area (Å²) in [7, 11) is -2.88. The second-order valence-electron chi connectivity index (χ2n) is 4.64. The second kappa shape index (κ2) is 6.66. The van der Waals surface area contributed by atoms with Crippen molar-refractivity contribution in [1.82, 2.24) is 4.90 Å². The van der Waals surface area contributed by atoms with E-state index in [-0.39, 0.29) is 5.75 Å². The molecule has 0 spiro atoms. The maximum Gasteiger partial charge on any atom is 0.151 e. The van der Waals surface area contributed by atoms with Crippen LogP contribution in [0, 0.1) is 0 Å². The van der Waals surface area contributed by atoms with Crippen molar-refractivity contribution in [2.75, 3.05) is 24.6 Å². The van der Waals surface area contributed by atoms with Gasteiger partial charge in [-0.05, 0) is 19.3 Å². The summed E-state index contributed by atoms with van der Waals surface area (Å²) in [6.45, 7) is 3.31. The third kappa shape index (κ3) is 6.33. The summed E-state index contributed by atoms with van der Waals surface area (Å²) in [5.74, 6) is 0.551. The van der Waals surface area contributed by atoms with Gasteiger partial charge in [0.15, 0.2) is 9.84 Å². The maximum absolute atomic E-state index is 11.6. The van der Waals surface area contributed by atoms with E-state index in [0.717, 1.165) is 6.54 Å². The highest BCUT2D eigenvalue weighted by molar-refractivity contribution is 7.91. The summed E-state index contributed by atoms with van der Waals surface area (Å²) in [5, 5.41) is 0. The van der Waals surface area contributed by atoms with Crippen molar-refractivity contribution >= 4 is 27.0 Å². The van der Waals surface area contributed by atoms with Crippen molar-refractivity contribution in [3.63, 3.8) is 0 Å². The van der Waals surface area contributed by atoms with Gasteiger partial charge in [-0.25, -0.2) is 8.42 Å². The van der Waals surface area contributed by atoms with Crippen molar-refractivity contribution in [2.24, 2.45) is 5.73 Å². The second-order valence-corrected chi connectivity index (χ2v) is 7.46. The number of nitrogens with two attached hydrogens (primary N) is 1. The maximum atomic E-state index is 11.6. The third-order valence-corrected chi connectivity index (χ3v) is 4.95. The number of hydrogen-bond donors (Lipinski definition) is 1. The van der Waals surface area contributed by atoms with Crippen molar-refractivity contribution in [2.45, 2.75) is 38.6 Å². The molecule has 0 radical (unpaired) electrons. The SMILES string of the molecule is CCCS(=O)(=O)CCN(CCC(N)=S)C1CC1. The van der Waals surface area contributed by atoms with Crippen LogP contribution in [0.4, 0.5) is 0 Å². The van der Waals surface area contributed by atoms with Gasteiger partial charge in [-0.15, -0.1) is 0 Å². The number of thiocarbonyl (C=S) groups is 1. The molecule has 1 aliphatic carbocycles. The summed E-state index contributed by atoms with van der Waals surface area (Å²) < 4.78 is 23.3. The molecule has 1 aliphatic rings. The monoisotopic (exact) mass is 278 g/mol. The van der Waals surface area contributed by atoms with E-state index in [9.17, 15) is 8.42 Å². The van der Waals surface area contributed by atoms with Crippen molar-refractivity contribution in [3.8, 4) is 0 Å². The van der Waals surface area contributed by atoms with Crippen LogP contribution in [0.1, 0.15) is 32.6 Å². The number of nitrogens with zero attached hydrogens (tertiary/aromatic N) is 1. The molecule has 17 heavy (non-hydrogen) atoms. The van der Waals surface area contributed by atoms with Crippen molar-refractivity contribution in [3.05, 3.63) is 0 Å². The molecule has 2 N–H and O–H groups in total. The Morgan fingerprint density at radius 3 is 2.47 bits per heavy atom. The van der Waals surface area contributed by atoms with E-state index in [1.54, 1.807) is 0 Å². The van der Waals surface area contributed by atoms with E-state index in [2.05, 4.69) is 4.90 Å². The molecule has 0 aromatic carbocycles. The molecule has 0 heterocycles. The van der Waals surface area contributed by atoms with Gasteiger partial charge in [0.1, 0.15) is 0 Å². The Labute approximate surface area is 109 Å². The molecule has 0 aromatic rings. The molecular weight excluding hydrogens is 256 g/mol. The molecule has 1 saturated carbocycles. The Morgan fingerprint density at radius 1 is 1.35 bits per heavy atom. The van der Waals surface area contributed by atoms with Crippen LogP contribution in [0.25, 0.3) is 0 Å². The Kier molecular flexibility index (Phi) is 5.82. The van der Waals surface area contributed by atoms with Gasteiger partial charge in [0, 0.05) is 31.3 Å². The van der Waals surface area contributed by atoms with Crippen molar-refractivity contribution in [1.29, 1.82) is 0 Å². The van der Waals surface area contributed by atoms with Crippen LogP contribution < -0.4 is 5.73 Å². The molecular formula is C11H22N2O2S2. The van der Waals surface area contributed by atoms with Crippen molar-refractivity contribution < 1.29 is 8.42 Å². The zero-order valence-electron chi connectivity index (χ0n) is 10.4. The molecule has 0 unspecified atom stereocenters. The van der Waals surface area contributed by atoms with Crippen LogP contribution in [0.3, 0.4) is 0 Å². The largest absolute Gasteiger partial charge is 0.393 e. The number of rotatable bonds is 9. The predicted molar refractivity (Wildman–Crippen MR) is 74.9 cm³/mol. The Bertz CT molecular complexity index is 350. The van der Waals surface area contributed by atoms with Gasteiger partial charge in [0.25, 0.3) is 0 Å². The first-order valence-corrected chi connectivity index (χ1v) is 8.40. The minimum Gasteiger partial charge on any atom is -0.393 e. The smallest absolute Gasteiger partial charge is 0.151 e. The number of sulfone groups is 1. The summed E-state index contributed by atoms with van der Waals surface area (Å²) in [4.78, 5) is 2.72. The summed E-state index contributed by atoms with van der Waals surface area (Å²) in [5.41, 5.74) is 5.48.